The molecule has 1 aromatic heterocycles. The number of rotatable bonds is 4. The van der Waals surface area contributed by atoms with Crippen molar-refractivity contribution in [3.05, 3.63) is 79.0 Å². The average Bonchev–Trinajstić information content (AvgIpc) is 3.17. The predicted octanol–water partition coefficient (Wildman–Crippen LogP) is 1.30. The lowest BCUT2D eigenvalue weighted by atomic mass is 10.1. The number of likely N-dealkylation sites (N-methyl/N-ethyl adjacent to an activating group) is 1. The summed E-state index contributed by atoms with van der Waals surface area (Å²) in [7, 11) is 3.82. The van der Waals surface area contributed by atoms with Crippen molar-refractivity contribution in [3.63, 3.8) is 0 Å². The number of phenolic OH excluding ortho intramolecular Hbond substituents is 1. The molecule has 2 aromatic carbocycles. The van der Waals surface area contributed by atoms with E-state index >= 15 is 0 Å². The van der Waals surface area contributed by atoms with Gasteiger partial charge < -0.3 is 15.3 Å². The van der Waals surface area contributed by atoms with Gasteiger partial charge in [-0.15, -0.1) is 11.3 Å². The van der Waals surface area contributed by atoms with Crippen molar-refractivity contribution in [2.24, 2.45) is 0 Å². The maximum atomic E-state index is 13.6. The molecule has 0 spiro atoms. The third kappa shape index (κ3) is 3.79. The zero-order chi connectivity index (χ0) is 21.4. The Morgan fingerprint density at radius 2 is 1.90 bits per heavy atom. The highest BCUT2D eigenvalue weighted by atomic mass is 32.1. The van der Waals surface area contributed by atoms with Crippen molar-refractivity contribution in [2.45, 2.75) is 6.54 Å². The second kappa shape index (κ2) is 7.89. The number of nitrogens with one attached hydrogen (secondary N) is 1. The van der Waals surface area contributed by atoms with E-state index < -0.39 is 5.82 Å². The first-order chi connectivity index (χ1) is 14.3. The lowest BCUT2D eigenvalue weighted by molar-refractivity contribution is -0.110. The second-order valence-corrected chi connectivity index (χ2v) is 8.32. The number of aromatic nitrogens is 1. The van der Waals surface area contributed by atoms with E-state index in [0.717, 1.165) is 5.56 Å². The Hall–Kier alpha value is -3.23. The number of thiazole rings is 1. The molecule has 0 unspecified atom stereocenters. The summed E-state index contributed by atoms with van der Waals surface area (Å²) in [6.07, 6.45) is 1.74. The topological polar surface area (TPSA) is 74.6 Å². The zero-order valence-electron chi connectivity index (χ0n) is 16.5. The first-order valence-corrected chi connectivity index (χ1v) is 10.2. The van der Waals surface area contributed by atoms with Crippen molar-refractivity contribution in [1.29, 1.82) is 0 Å². The van der Waals surface area contributed by atoms with Gasteiger partial charge in [0.15, 0.2) is 0 Å². The third-order valence-electron chi connectivity index (χ3n) is 4.81. The molecule has 154 valence electrons. The highest BCUT2D eigenvalue weighted by Crippen LogP contribution is 2.30. The van der Waals surface area contributed by atoms with E-state index in [4.69, 9.17) is 0 Å². The monoisotopic (exact) mass is 425 g/mol. The molecule has 3 aromatic rings. The number of hydrogen-bond donors (Lipinski definition) is 2. The molecule has 4 rings (SSSR count). The summed E-state index contributed by atoms with van der Waals surface area (Å²) in [5.74, 6) is -0.649. The van der Waals surface area contributed by atoms with E-state index in [9.17, 15) is 19.1 Å². The van der Waals surface area contributed by atoms with Crippen molar-refractivity contribution < 1.29 is 14.3 Å². The number of phenols is 1. The summed E-state index contributed by atoms with van der Waals surface area (Å²) >= 11 is 1.23. The Morgan fingerprint density at radius 3 is 2.60 bits per heavy atom. The maximum absolute atomic E-state index is 13.6. The van der Waals surface area contributed by atoms with Gasteiger partial charge in [-0.05, 0) is 56.1 Å². The van der Waals surface area contributed by atoms with Crippen LogP contribution in [0.4, 0.5) is 10.1 Å². The van der Waals surface area contributed by atoms with Crippen LogP contribution in [-0.2, 0) is 11.3 Å². The van der Waals surface area contributed by atoms with E-state index in [-0.39, 0.29) is 17.2 Å². The number of carbonyl (C=O) groups is 1. The van der Waals surface area contributed by atoms with Crippen LogP contribution in [-0.4, -0.2) is 41.1 Å². The summed E-state index contributed by atoms with van der Waals surface area (Å²) < 4.78 is 16.2. The standard InChI is InChI=1S/C22H20FN3O3S/c1-25(2)9-10-26-21(29)18(11-13-3-6-15(27)7-4-13)30-22(26)19-16-8-5-14(23)12-17(16)24-20(19)28/h3-8,11-12,27H,9-10H2,1-2H3,(H,24,28)/b18-11+,22-19+. The van der Waals surface area contributed by atoms with E-state index in [1.807, 2.05) is 19.0 Å². The average molecular weight is 425 g/mol. The fraction of sp³-hybridized carbons (Fsp3) is 0.182. The molecule has 0 saturated carbocycles. The number of anilines is 1. The first-order valence-electron chi connectivity index (χ1n) is 9.34. The molecule has 30 heavy (non-hydrogen) atoms. The van der Waals surface area contributed by atoms with Gasteiger partial charge in [-0.3, -0.25) is 14.2 Å². The van der Waals surface area contributed by atoms with Gasteiger partial charge in [0.05, 0.1) is 15.8 Å². The summed E-state index contributed by atoms with van der Waals surface area (Å²) in [6.45, 7) is 1.03. The van der Waals surface area contributed by atoms with E-state index in [1.54, 1.807) is 41.0 Å². The lowest BCUT2D eigenvalue weighted by Gasteiger charge is -2.10. The molecular formula is C22H20FN3O3S. The van der Waals surface area contributed by atoms with Gasteiger partial charge in [-0.1, -0.05) is 12.1 Å². The van der Waals surface area contributed by atoms with Crippen LogP contribution in [0, 0.1) is 5.82 Å². The first kappa shape index (κ1) is 20.1. The van der Waals surface area contributed by atoms with E-state index in [0.29, 0.717) is 39.1 Å². The SMILES string of the molecule is CN(C)CCn1c(=O)/c(=C\c2ccc(O)cc2)s/c1=C1/C(=O)Nc2cc(F)ccc21. The highest BCUT2D eigenvalue weighted by Gasteiger charge is 2.27. The summed E-state index contributed by atoms with van der Waals surface area (Å²) in [4.78, 5) is 27.9. The summed E-state index contributed by atoms with van der Waals surface area (Å²) in [5, 5.41) is 12.2. The number of nitrogens with zero attached hydrogens (tertiary/aromatic N) is 2. The Balaban J connectivity index is 1.98. The molecule has 2 N–H and O–H groups in total. The molecule has 2 heterocycles. The Bertz CT molecular complexity index is 1310. The molecule has 0 atom stereocenters. The Labute approximate surface area is 175 Å². The van der Waals surface area contributed by atoms with Crippen molar-refractivity contribution in [1.82, 2.24) is 9.47 Å². The number of fused-ring (bicyclic) bond motifs is 1. The fourth-order valence-corrected chi connectivity index (χ4v) is 4.48. The van der Waals surface area contributed by atoms with Crippen LogP contribution < -0.4 is 20.1 Å². The maximum Gasteiger partial charge on any atom is 0.269 e. The normalized spacial score (nSPS) is 15.6. The fourth-order valence-electron chi connectivity index (χ4n) is 3.29. The second-order valence-electron chi connectivity index (χ2n) is 7.29. The Kier molecular flexibility index (Phi) is 5.27. The molecular weight excluding hydrogens is 405 g/mol. The third-order valence-corrected chi connectivity index (χ3v) is 5.94. The van der Waals surface area contributed by atoms with E-state index in [2.05, 4.69) is 5.32 Å². The predicted molar refractivity (Wildman–Crippen MR) is 116 cm³/mol. The van der Waals surface area contributed by atoms with Crippen molar-refractivity contribution in [3.8, 4) is 5.75 Å². The van der Waals surface area contributed by atoms with Crippen molar-refractivity contribution in [2.75, 3.05) is 26.0 Å². The zero-order valence-corrected chi connectivity index (χ0v) is 17.3. The van der Waals surface area contributed by atoms with Gasteiger partial charge in [-0.2, -0.15) is 0 Å². The molecule has 0 fully saturated rings. The molecule has 0 bridgehead atoms. The molecule has 1 aliphatic rings. The number of benzene rings is 2. The van der Waals surface area contributed by atoms with Crippen LogP contribution in [0.5, 0.6) is 5.75 Å². The van der Waals surface area contributed by atoms with Crippen LogP contribution >= 0.6 is 11.3 Å². The van der Waals surface area contributed by atoms with Crippen molar-refractivity contribution >= 4 is 34.6 Å². The van der Waals surface area contributed by atoms with Gasteiger partial charge in [-0.25, -0.2) is 4.39 Å². The molecule has 8 heteroatoms. The molecule has 1 aliphatic heterocycles. The number of amides is 1. The molecule has 0 saturated heterocycles. The largest absolute Gasteiger partial charge is 0.508 e. The summed E-state index contributed by atoms with van der Waals surface area (Å²) in [5.41, 5.74) is 1.93. The number of hydrogen-bond acceptors (Lipinski definition) is 5. The minimum absolute atomic E-state index is 0.143. The molecule has 1 amide bonds. The highest BCUT2D eigenvalue weighted by molar-refractivity contribution is 7.07. The minimum atomic E-state index is -0.437. The van der Waals surface area contributed by atoms with Gasteiger partial charge in [0.1, 0.15) is 16.2 Å². The van der Waals surface area contributed by atoms with Gasteiger partial charge in [0.2, 0.25) is 0 Å². The van der Waals surface area contributed by atoms with Gasteiger partial charge in [0, 0.05) is 18.7 Å². The van der Waals surface area contributed by atoms with Crippen LogP contribution in [0.3, 0.4) is 0 Å². The molecule has 6 nitrogen and oxygen atoms in total. The van der Waals surface area contributed by atoms with Crippen LogP contribution in [0.15, 0.2) is 47.3 Å². The summed E-state index contributed by atoms with van der Waals surface area (Å²) in [6, 6.07) is 10.7. The minimum Gasteiger partial charge on any atom is -0.508 e. The molecule has 0 aliphatic carbocycles. The number of halogens is 1. The number of carbonyl (C=O) groups excluding carboxylic acids is 1. The lowest BCUT2D eigenvalue weighted by Crippen LogP contribution is -2.36. The van der Waals surface area contributed by atoms with Crippen LogP contribution in [0.2, 0.25) is 0 Å². The quantitative estimate of drug-likeness (QED) is 0.661. The smallest absolute Gasteiger partial charge is 0.269 e. The Morgan fingerprint density at radius 1 is 1.17 bits per heavy atom. The van der Waals surface area contributed by atoms with Crippen LogP contribution in [0.25, 0.3) is 11.6 Å². The van der Waals surface area contributed by atoms with Gasteiger partial charge in [0.25, 0.3) is 11.5 Å². The van der Waals surface area contributed by atoms with Gasteiger partial charge >= 0.3 is 0 Å². The molecule has 0 radical (unpaired) electrons. The number of aromatic hydroxyl groups is 1. The van der Waals surface area contributed by atoms with Crippen LogP contribution in [0.1, 0.15) is 11.1 Å². The van der Waals surface area contributed by atoms with E-state index in [1.165, 1.54) is 23.5 Å².